The molecule has 1 heterocycles. The summed E-state index contributed by atoms with van der Waals surface area (Å²) in [4.78, 5) is 24.6. The molecule has 0 bridgehead atoms. The van der Waals surface area contributed by atoms with E-state index in [0.717, 1.165) is 10.0 Å². The summed E-state index contributed by atoms with van der Waals surface area (Å²) in [5, 5.41) is 15.7. The Kier molecular flexibility index (Phi) is 4.97. The molecule has 0 saturated carbocycles. The van der Waals surface area contributed by atoms with Crippen LogP contribution in [0.15, 0.2) is 34.8 Å². The minimum atomic E-state index is -1.05. The van der Waals surface area contributed by atoms with E-state index in [2.05, 4.69) is 26.1 Å². The molecule has 7 heteroatoms. The number of nitrogens with one attached hydrogen (secondary N) is 1. The van der Waals surface area contributed by atoms with Gasteiger partial charge in [0.2, 0.25) is 0 Å². The molecule has 0 saturated heterocycles. The van der Waals surface area contributed by atoms with Crippen molar-refractivity contribution >= 4 is 27.8 Å². The van der Waals surface area contributed by atoms with Gasteiger partial charge in [-0.2, -0.15) is 5.10 Å². The van der Waals surface area contributed by atoms with Crippen molar-refractivity contribution in [3.8, 4) is 11.3 Å². The second kappa shape index (κ2) is 6.74. The summed E-state index contributed by atoms with van der Waals surface area (Å²) < 4.78 is 0.954. The number of halogens is 1. The van der Waals surface area contributed by atoms with E-state index in [0.29, 0.717) is 5.69 Å². The molecular weight excluding hydrogens is 350 g/mol. The lowest BCUT2D eigenvalue weighted by Gasteiger charge is -2.23. The van der Waals surface area contributed by atoms with Gasteiger partial charge in [-0.1, -0.05) is 28.1 Å². The number of aliphatic carboxylic acids is 1. The Labute approximate surface area is 136 Å². The van der Waals surface area contributed by atoms with E-state index in [9.17, 15) is 9.59 Å². The average molecular weight is 366 g/mol. The van der Waals surface area contributed by atoms with Gasteiger partial charge in [0.05, 0.1) is 5.69 Å². The van der Waals surface area contributed by atoms with Crippen molar-refractivity contribution < 1.29 is 14.7 Å². The van der Waals surface area contributed by atoms with E-state index in [-0.39, 0.29) is 24.2 Å². The number of aromatic nitrogens is 2. The van der Waals surface area contributed by atoms with Crippen LogP contribution >= 0.6 is 15.9 Å². The summed E-state index contributed by atoms with van der Waals surface area (Å²) in [5.74, 6) is -1.43. The van der Waals surface area contributed by atoms with E-state index < -0.39 is 5.97 Å². The van der Waals surface area contributed by atoms with Crippen molar-refractivity contribution in [2.45, 2.75) is 19.9 Å². The first kappa shape index (κ1) is 16.2. The van der Waals surface area contributed by atoms with Gasteiger partial charge in [0.15, 0.2) is 0 Å². The second-order valence-electron chi connectivity index (χ2n) is 5.09. The number of nitrogens with zero attached hydrogens (tertiary/aromatic N) is 2. The summed E-state index contributed by atoms with van der Waals surface area (Å²) >= 11 is 3.36. The van der Waals surface area contributed by atoms with E-state index in [1.807, 2.05) is 24.3 Å². The van der Waals surface area contributed by atoms with Gasteiger partial charge in [0.1, 0.15) is 12.2 Å². The van der Waals surface area contributed by atoms with Crippen LogP contribution in [-0.4, -0.2) is 44.7 Å². The Morgan fingerprint density at radius 1 is 1.32 bits per heavy atom. The highest BCUT2D eigenvalue weighted by Gasteiger charge is 2.23. The summed E-state index contributed by atoms with van der Waals surface area (Å²) in [6.45, 7) is 3.20. The lowest BCUT2D eigenvalue weighted by Crippen LogP contribution is -2.40. The van der Waals surface area contributed by atoms with E-state index in [1.165, 1.54) is 4.90 Å². The zero-order valence-corrected chi connectivity index (χ0v) is 13.8. The highest BCUT2D eigenvalue weighted by molar-refractivity contribution is 9.10. The summed E-state index contributed by atoms with van der Waals surface area (Å²) in [7, 11) is 0. The van der Waals surface area contributed by atoms with Crippen LogP contribution in [0.3, 0.4) is 0 Å². The number of hydrogen-bond acceptors (Lipinski definition) is 3. The first-order valence-electron chi connectivity index (χ1n) is 6.72. The maximum Gasteiger partial charge on any atom is 0.323 e. The van der Waals surface area contributed by atoms with Gasteiger partial charge in [-0.05, 0) is 32.0 Å². The normalized spacial score (nSPS) is 10.7. The summed E-state index contributed by atoms with van der Waals surface area (Å²) in [6.07, 6.45) is 0. The first-order valence-corrected chi connectivity index (χ1v) is 7.52. The number of carboxylic acid groups (broad SMARTS) is 1. The third kappa shape index (κ3) is 3.73. The topological polar surface area (TPSA) is 86.3 Å². The molecule has 0 aliphatic heterocycles. The van der Waals surface area contributed by atoms with Crippen LogP contribution in [0.5, 0.6) is 0 Å². The second-order valence-corrected chi connectivity index (χ2v) is 6.01. The zero-order valence-electron chi connectivity index (χ0n) is 12.2. The monoisotopic (exact) mass is 365 g/mol. The predicted molar refractivity (Wildman–Crippen MR) is 85.5 cm³/mol. The lowest BCUT2D eigenvalue weighted by molar-refractivity contribution is -0.138. The first-order chi connectivity index (χ1) is 10.4. The molecule has 2 aromatic rings. The molecule has 0 spiro atoms. The average Bonchev–Trinajstić information content (AvgIpc) is 2.94. The van der Waals surface area contributed by atoms with Crippen molar-refractivity contribution in [3.05, 3.63) is 40.5 Å². The highest BCUT2D eigenvalue weighted by Crippen LogP contribution is 2.21. The van der Waals surface area contributed by atoms with Crippen molar-refractivity contribution in [1.29, 1.82) is 0 Å². The number of carbonyl (C=O) groups is 2. The Balaban J connectivity index is 2.24. The zero-order chi connectivity index (χ0) is 16.3. The van der Waals surface area contributed by atoms with Crippen LogP contribution in [0.4, 0.5) is 0 Å². The maximum atomic E-state index is 12.4. The molecule has 0 radical (unpaired) electrons. The van der Waals surface area contributed by atoms with Crippen molar-refractivity contribution in [1.82, 2.24) is 15.1 Å². The van der Waals surface area contributed by atoms with Crippen LogP contribution in [0.25, 0.3) is 11.3 Å². The van der Waals surface area contributed by atoms with E-state index >= 15 is 0 Å². The largest absolute Gasteiger partial charge is 0.480 e. The van der Waals surface area contributed by atoms with Gasteiger partial charge >= 0.3 is 5.97 Å². The number of aromatic amines is 1. The number of H-pyrrole nitrogens is 1. The molecule has 2 N–H and O–H groups in total. The van der Waals surface area contributed by atoms with Crippen LogP contribution < -0.4 is 0 Å². The van der Waals surface area contributed by atoms with Crippen LogP contribution in [-0.2, 0) is 4.79 Å². The molecule has 0 atom stereocenters. The van der Waals surface area contributed by atoms with E-state index in [4.69, 9.17) is 5.11 Å². The van der Waals surface area contributed by atoms with Gasteiger partial charge in [-0.15, -0.1) is 0 Å². The van der Waals surface area contributed by atoms with Crippen LogP contribution in [0, 0.1) is 0 Å². The molecule has 0 aliphatic rings. The third-order valence-corrected chi connectivity index (χ3v) is 3.67. The van der Waals surface area contributed by atoms with Crippen molar-refractivity contribution in [2.24, 2.45) is 0 Å². The lowest BCUT2D eigenvalue weighted by atomic mass is 10.1. The van der Waals surface area contributed by atoms with Gasteiger partial charge in [-0.25, -0.2) is 0 Å². The molecule has 2 rings (SSSR count). The fourth-order valence-corrected chi connectivity index (χ4v) is 2.25. The predicted octanol–water partition coefficient (Wildman–Crippen LogP) is 2.77. The molecule has 116 valence electrons. The molecule has 0 fully saturated rings. The highest BCUT2D eigenvalue weighted by atomic mass is 79.9. The van der Waals surface area contributed by atoms with E-state index in [1.54, 1.807) is 19.9 Å². The van der Waals surface area contributed by atoms with Crippen LogP contribution in [0.2, 0.25) is 0 Å². The Morgan fingerprint density at radius 2 is 1.95 bits per heavy atom. The minimum absolute atomic E-state index is 0.219. The number of benzene rings is 1. The summed E-state index contributed by atoms with van der Waals surface area (Å²) in [5.41, 5.74) is 1.77. The van der Waals surface area contributed by atoms with Crippen LogP contribution in [0.1, 0.15) is 24.3 Å². The SMILES string of the molecule is CC(C)N(CC(=O)O)C(=O)c1cc(-c2ccc(Br)cc2)n[nH]1. The van der Waals surface area contributed by atoms with Gasteiger partial charge < -0.3 is 10.0 Å². The molecule has 1 amide bonds. The van der Waals surface area contributed by atoms with Gasteiger partial charge in [-0.3, -0.25) is 14.7 Å². The fraction of sp³-hybridized carbons (Fsp3) is 0.267. The van der Waals surface area contributed by atoms with Gasteiger partial charge in [0.25, 0.3) is 5.91 Å². The molecule has 1 aromatic heterocycles. The maximum absolute atomic E-state index is 12.4. The number of hydrogen-bond donors (Lipinski definition) is 2. The molecular formula is C15H16BrN3O3. The van der Waals surface area contributed by atoms with Gasteiger partial charge in [0, 0.05) is 16.1 Å². The molecule has 22 heavy (non-hydrogen) atoms. The smallest absolute Gasteiger partial charge is 0.323 e. The number of carboxylic acids is 1. The Morgan fingerprint density at radius 3 is 2.50 bits per heavy atom. The Bertz CT molecular complexity index is 680. The minimum Gasteiger partial charge on any atom is -0.480 e. The molecule has 0 unspecified atom stereocenters. The number of rotatable bonds is 5. The summed E-state index contributed by atoms with van der Waals surface area (Å²) in [6, 6.07) is 8.94. The van der Waals surface area contributed by atoms with Crippen molar-refractivity contribution in [2.75, 3.05) is 6.54 Å². The quantitative estimate of drug-likeness (QED) is 0.852. The molecule has 6 nitrogen and oxygen atoms in total. The fourth-order valence-electron chi connectivity index (χ4n) is 1.99. The number of amides is 1. The Hall–Kier alpha value is -2.15. The molecule has 0 aliphatic carbocycles. The number of carbonyl (C=O) groups excluding carboxylic acids is 1. The van der Waals surface area contributed by atoms with Crippen molar-refractivity contribution in [3.63, 3.8) is 0 Å². The third-order valence-electron chi connectivity index (χ3n) is 3.14. The standard InChI is InChI=1S/C15H16BrN3O3/c1-9(2)19(8-14(20)21)15(22)13-7-12(17-18-13)10-3-5-11(16)6-4-10/h3-7,9H,8H2,1-2H3,(H,17,18)(H,20,21). The molecule has 1 aromatic carbocycles.